The molecular formula is C13H19BrO. The van der Waals surface area contributed by atoms with Gasteiger partial charge in [0.1, 0.15) is 0 Å². The molecule has 1 heterocycles. The van der Waals surface area contributed by atoms with E-state index >= 15 is 0 Å². The molecule has 1 saturated heterocycles. The Labute approximate surface area is 101 Å². The van der Waals surface area contributed by atoms with Crippen LogP contribution >= 0.6 is 15.9 Å². The van der Waals surface area contributed by atoms with Crippen LogP contribution in [0.1, 0.15) is 37.3 Å². The maximum absolute atomic E-state index is 5.36. The lowest BCUT2D eigenvalue weighted by Gasteiger charge is -2.22. The van der Waals surface area contributed by atoms with Gasteiger partial charge in [0.15, 0.2) is 0 Å². The summed E-state index contributed by atoms with van der Waals surface area (Å²) in [5, 5.41) is 0. The van der Waals surface area contributed by atoms with E-state index in [0.717, 1.165) is 26.1 Å². The van der Waals surface area contributed by atoms with Crippen molar-refractivity contribution in [3.63, 3.8) is 0 Å². The van der Waals surface area contributed by atoms with Crippen molar-refractivity contribution in [1.82, 2.24) is 0 Å². The molecule has 1 aromatic rings. The van der Waals surface area contributed by atoms with Crippen molar-refractivity contribution >= 4 is 15.9 Å². The van der Waals surface area contributed by atoms with Crippen molar-refractivity contribution in [2.24, 2.45) is 0 Å². The molecule has 0 saturated carbocycles. The topological polar surface area (TPSA) is 9.23 Å². The summed E-state index contributed by atoms with van der Waals surface area (Å²) in [6.07, 6.45) is 2.32. The van der Waals surface area contributed by atoms with Crippen LogP contribution in [0.5, 0.6) is 0 Å². The normalized spacial score (nSPS) is 17.2. The minimum atomic E-state index is 0. The third kappa shape index (κ3) is 3.05. The van der Waals surface area contributed by atoms with Crippen molar-refractivity contribution in [2.45, 2.75) is 33.1 Å². The molecule has 1 aliphatic rings. The van der Waals surface area contributed by atoms with Gasteiger partial charge >= 0.3 is 0 Å². The highest BCUT2D eigenvalue weighted by Gasteiger charge is 2.15. The second-order valence-electron chi connectivity index (χ2n) is 3.90. The molecule has 1 aliphatic heterocycles. The van der Waals surface area contributed by atoms with Gasteiger partial charge in [-0.2, -0.15) is 0 Å². The van der Waals surface area contributed by atoms with E-state index in [0.29, 0.717) is 5.92 Å². The second kappa shape index (κ2) is 5.66. The summed E-state index contributed by atoms with van der Waals surface area (Å²) in [7, 11) is 0. The van der Waals surface area contributed by atoms with Crippen LogP contribution in [0.15, 0.2) is 22.7 Å². The number of hydrogen-bond acceptors (Lipinski definition) is 1. The van der Waals surface area contributed by atoms with E-state index < -0.39 is 0 Å². The number of benzene rings is 1. The Morgan fingerprint density at radius 3 is 2.53 bits per heavy atom. The predicted molar refractivity (Wildman–Crippen MR) is 68.4 cm³/mol. The van der Waals surface area contributed by atoms with Gasteiger partial charge in [0.05, 0.1) is 0 Å². The molecule has 0 spiro atoms. The van der Waals surface area contributed by atoms with Gasteiger partial charge in [-0.05, 0) is 42.9 Å². The van der Waals surface area contributed by atoms with Gasteiger partial charge in [0, 0.05) is 17.7 Å². The maximum atomic E-state index is 5.36. The molecule has 2 rings (SSSR count). The monoisotopic (exact) mass is 270 g/mol. The standard InChI is InChI=1S/C12H15BrO.CH4/c1-9-2-3-11(8-12(9)13)10-4-6-14-7-5-10;/h2-3,8,10H,4-7H2,1H3;1H4. The molecule has 0 aromatic heterocycles. The molecule has 1 nitrogen and oxygen atoms in total. The molecule has 2 heteroatoms. The molecule has 1 aromatic carbocycles. The Kier molecular flexibility index (Phi) is 4.81. The summed E-state index contributed by atoms with van der Waals surface area (Å²) >= 11 is 3.58. The lowest BCUT2D eigenvalue weighted by Crippen LogP contribution is -2.14. The van der Waals surface area contributed by atoms with Gasteiger partial charge in [0.25, 0.3) is 0 Å². The lowest BCUT2D eigenvalue weighted by molar-refractivity contribution is 0.0853. The zero-order valence-corrected chi connectivity index (χ0v) is 10.0. The van der Waals surface area contributed by atoms with E-state index in [2.05, 4.69) is 41.1 Å². The quantitative estimate of drug-likeness (QED) is 0.740. The Balaban J connectivity index is 0.00000112. The van der Waals surface area contributed by atoms with Crippen molar-refractivity contribution in [1.29, 1.82) is 0 Å². The Hall–Kier alpha value is -0.340. The third-order valence-corrected chi connectivity index (χ3v) is 3.74. The molecule has 0 aliphatic carbocycles. The molecule has 0 radical (unpaired) electrons. The smallest absolute Gasteiger partial charge is 0.0471 e. The first-order valence-electron chi connectivity index (χ1n) is 5.11. The molecule has 1 fully saturated rings. The van der Waals surface area contributed by atoms with Gasteiger partial charge in [-0.1, -0.05) is 35.5 Å². The van der Waals surface area contributed by atoms with Crippen molar-refractivity contribution < 1.29 is 4.74 Å². The lowest BCUT2D eigenvalue weighted by atomic mass is 9.91. The number of ether oxygens (including phenoxy) is 1. The first-order valence-corrected chi connectivity index (χ1v) is 5.90. The summed E-state index contributed by atoms with van der Waals surface area (Å²) < 4.78 is 6.59. The number of aryl methyl sites for hydroxylation is 1. The first kappa shape index (κ1) is 12.7. The number of hydrogen-bond donors (Lipinski definition) is 0. The number of halogens is 1. The minimum Gasteiger partial charge on any atom is -0.381 e. The zero-order valence-electron chi connectivity index (χ0n) is 8.42. The SMILES string of the molecule is C.Cc1ccc(C2CCOCC2)cc1Br. The van der Waals surface area contributed by atoms with Crippen LogP contribution in [-0.2, 0) is 4.74 Å². The van der Waals surface area contributed by atoms with Crippen LogP contribution < -0.4 is 0 Å². The fourth-order valence-electron chi connectivity index (χ4n) is 1.89. The molecule has 15 heavy (non-hydrogen) atoms. The fourth-order valence-corrected chi connectivity index (χ4v) is 2.29. The third-order valence-electron chi connectivity index (χ3n) is 2.89. The highest BCUT2D eigenvalue weighted by molar-refractivity contribution is 9.10. The number of rotatable bonds is 1. The summed E-state index contributed by atoms with van der Waals surface area (Å²) in [5.74, 6) is 0.695. The Morgan fingerprint density at radius 2 is 1.93 bits per heavy atom. The second-order valence-corrected chi connectivity index (χ2v) is 4.75. The van der Waals surface area contributed by atoms with E-state index in [1.165, 1.54) is 15.6 Å². The van der Waals surface area contributed by atoms with E-state index in [9.17, 15) is 0 Å². The molecule has 0 unspecified atom stereocenters. The summed E-state index contributed by atoms with van der Waals surface area (Å²) in [6.45, 7) is 3.95. The van der Waals surface area contributed by atoms with Gasteiger partial charge in [-0.15, -0.1) is 0 Å². The van der Waals surface area contributed by atoms with Crippen LogP contribution in [0, 0.1) is 6.92 Å². The van der Waals surface area contributed by atoms with Gasteiger partial charge in [0.2, 0.25) is 0 Å². The van der Waals surface area contributed by atoms with Crippen molar-refractivity contribution in [3.8, 4) is 0 Å². The largest absolute Gasteiger partial charge is 0.381 e. The summed E-state index contributed by atoms with van der Waals surface area (Å²) in [6, 6.07) is 6.69. The van der Waals surface area contributed by atoms with Gasteiger partial charge in [-0.3, -0.25) is 0 Å². The van der Waals surface area contributed by atoms with Gasteiger partial charge < -0.3 is 4.74 Å². The van der Waals surface area contributed by atoms with Crippen LogP contribution in [0.4, 0.5) is 0 Å². The predicted octanol–water partition coefficient (Wildman–Crippen LogP) is 4.29. The van der Waals surface area contributed by atoms with E-state index in [-0.39, 0.29) is 7.43 Å². The highest BCUT2D eigenvalue weighted by atomic mass is 79.9. The Bertz CT molecular complexity index is 316. The first-order chi connectivity index (χ1) is 6.77. The molecular weight excluding hydrogens is 252 g/mol. The average Bonchev–Trinajstić information content (AvgIpc) is 2.23. The maximum Gasteiger partial charge on any atom is 0.0471 e. The van der Waals surface area contributed by atoms with Crippen molar-refractivity contribution in [3.05, 3.63) is 33.8 Å². The van der Waals surface area contributed by atoms with Crippen LogP contribution in [-0.4, -0.2) is 13.2 Å². The average molecular weight is 271 g/mol. The zero-order chi connectivity index (χ0) is 9.97. The van der Waals surface area contributed by atoms with E-state index in [4.69, 9.17) is 4.74 Å². The van der Waals surface area contributed by atoms with Crippen LogP contribution in [0.3, 0.4) is 0 Å². The molecule has 0 N–H and O–H groups in total. The molecule has 0 bridgehead atoms. The summed E-state index contributed by atoms with van der Waals surface area (Å²) in [4.78, 5) is 0. The van der Waals surface area contributed by atoms with Gasteiger partial charge in [-0.25, -0.2) is 0 Å². The molecule has 0 amide bonds. The molecule has 0 atom stereocenters. The van der Waals surface area contributed by atoms with E-state index in [1.54, 1.807) is 0 Å². The highest BCUT2D eigenvalue weighted by Crippen LogP contribution is 2.29. The molecule has 84 valence electrons. The fraction of sp³-hybridized carbons (Fsp3) is 0.538. The summed E-state index contributed by atoms with van der Waals surface area (Å²) in [5.41, 5.74) is 2.76. The Morgan fingerprint density at radius 1 is 1.27 bits per heavy atom. The van der Waals surface area contributed by atoms with Crippen LogP contribution in [0.2, 0.25) is 0 Å². The minimum absolute atomic E-state index is 0. The van der Waals surface area contributed by atoms with Crippen LogP contribution in [0.25, 0.3) is 0 Å². The van der Waals surface area contributed by atoms with Crippen molar-refractivity contribution in [2.75, 3.05) is 13.2 Å². The van der Waals surface area contributed by atoms with E-state index in [1.807, 2.05) is 0 Å².